The molecule has 0 spiro atoms. The molecule has 1 aliphatic rings. The summed E-state index contributed by atoms with van der Waals surface area (Å²) in [7, 11) is 1.85. The van der Waals surface area contributed by atoms with Crippen LogP contribution in [0, 0.1) is 0 Å². The molecule has 1 aromatic rings. The Morgan fingerprint density at radius 1 is 1.58 bits per heavy atom. The average molecular weight is 264 g/mol. The fourth-order valence-corrected chi connectivity index (χ4v) is 2.41. The van der Waals surface area contributed by atoms with Crippen molar-refractivity contribution < 1.29 is 9.59 Å². The monoisotopic (exact) mass is 264 g/mol. The molecule has 1 saturated heterocycles. The Hall–Kier alpha value is -1.85. The summed E-state index contributed by atoms with van der Waals surface area (Å²) in [5, 5.41) is 6.88. The average Bonchev–Trinajstić information content (AvgIpc) is 2.81. The van der Waals surface area contributed by atoms with Crippen molar-refractivity contribution >= 4 is 11.8 Å². The van der Waals surface area contributed by atoms with E-state index < -0.39 is 0 Å². The van der Waals surface area contributed by atoms with Crippen molar-refractivity contribution in [2.75, 3.05) is 13.1 Å². The maximum absolute atomic E-state index is 12.2. The highest BCUT2D eigenvalue weighted by molar-refractivity contribution is 5.88. The number of nitrogens with zero attached hydrogens (tertiary/aromatic N) is 3. The van der Waals surface area contributed by atoms with E-state index in [2.05, 4.69) is 10.4 Å². The quantitative estimate of drug-likeness (QED) is 0.838. The lowest BCUT2D eigenvalue weighted by Gasteiger charge is -2.34. The summed E-state index contributed by atoms with van der Waals surface area (Å²) in [4.78, 5) is 25.6. The van der Waals surface area contributed by atoms with Gasteiger partial charge in [0, 0.05) is 32.8 Å². The SMILES string of the molecule is CCC1C(=O)NCCN1C(=O)CCc1cnn(C)c1. The van der Waals surface area contributed by atoms with Gasteiger partial charge >= 0.3 is 0 Å². The second-order valence-corrected chi connectivity index (χ2v) is 4.82. The molecule has 19 heavy (non-hydrogen) atoms. The highest BCUT2D eigenvalue weighted by Crippen LogP contribution is 2.12. The van der Waals surface area contributed by atoms with Gasteiger partial charge in [0.1, 0.15) is 6.04 Å². The van der Waals surface area contributed by atoms with Gasteiger partial charge in [0.2, 0.25) is 11.8 Å². The van der Waals surface area contributed by atoms with Crippen LogP contribution in [0.5, 0.6) is 0 Å². The number of hydrogen-bond donors (Lipinski definition) is 1. The molecule has 2 amide bonds. The van der Waals surface area contributed by atoms with Gasteiger partial charge in [-0.15, -0.1) is 0 Å². The molecule has 1 N–H and O–H groups in total. The summed E-state index contributed by atoms with van der Waals surface area (Å²) in [5.41, 5.74) is 1.05. The number of piperazine rings is 1. The predicted molar refractivity (Wildman–Crippen MR) is 70.3 cm³/mol. The summed E-state index contributed by atoms with van der Waals surface area (Å²) in [6.07, 6.45) is 5.43. The number of nitrogens with one attached hydrogen (secondary N) is 1. The van der Waals surface area contributed by atoms with Crippen molar-refractivity contribution in [1.82, 2.24) is 20.0 Å². The van der Waals surface area contributed by atoms with E-state index in [0.29, 0.717) is 32.4 Å². The van der Waals surface area contributed by atoms with E-state index in [0.717, 1.165) is 5.56 Å². The van der Waals surface area contributed by atoms with E-state index in [-0.39, 0.29) is 17.9 Å². The zero-order valence-electron chi connectivity index (χ0n) is 11.4. The Morgan fingerprint density at radius 3 is 3.00 bits per heavy atom. The van der Waals surface area contributed by atoms with E-state index in [4.69, 9.17) is 0 Å². The summed E-state index contributed by atoms with van der Waals surface area (Å²) in [5.74, 6) is 0.00836. The second-order valence-electron chi connectivity index (χ2n) is 4.82. The first-order chi connectivity index (χ1) is 9.11. The zero-order chi connectivity index (χ0) is 13.8. The van der Waals surface area contributed by atoms with Crippen molar-refractivity contribution in [3.05, 3.63) is 18.0 Å². The minimum absolute atomic E-state index is 0.0384. The lowest BCUT2D eigenvalue weighted by atomic mass is 10.1. The lowest BCUT2D eigenvalue weighted by Crippen LogP contribution is -2.56. The van der Waals surface area contributed by atoms with Gasteiger partial charge in [-0.25, -0.2) is 0 Å². The van der Waals surface area contributed by atoms with Crippen LogP contribution in [0.1, 0.15) is 25.3 Å². The molecule has 1 fully saturated rings. The van der Waals surface area contributed by atoms with Gasteiger partial charge in [-0.2, -0.15) is 5.10 Å². The topological polar surface area (TPSA) is 67.2 Å². The van der Waals surface area contributed by atoms with E-state index in [9.17, 15) is 9.59 Å². The van der Waals surface area contributed by atoms with Crippen LogP contribution in [0.4, 0.5) is 0 Å². The predicted octanol–water partition coefficient (Wildman–Crippen LogP) is 0.0897. The molecule has 1 unspecified atom stereocenters. The molecular weight excluding hydrogens is 244 g/mol. The Labute approximate surface area is 112 Å². The van der Waals surface area contributed by atoms with Gasteiger partial charge in [-0.05, 0) is 18.4 Å². The molecule has 2 heterocycles. The lowest BCUT2D eigenvalue weighted by molar-refractivity contribution is -0.143. The maximum atomic E-state index is 12.2. The number of rotatable bonds is 4. The largest absolute Gasteiger partial charge is 0.353 e. The van der Waals surface area contributed by atoms with Crippen LogP contribution in [-0.2, 0) is 23.1 Å². The molecule has 0 aromatic carbocycles. The van der Waals surface area contributed by atoms with Gasteiger partial charge < -0.3 is 10.2 Å². The number of carbonyl (C=O) groups is 2. The number of aryl methyl sites for hydroxylation is 2. The van der Waals surface area contributed by atoms with Gasteiger partial charge in [0.05, 0.1) is 6.20 Å². The second kappa shape index (κ2) is 5.86. The molecule has 104 valence electrons. The first-order valence-corrected chi connectivity index (χ1v) is 6.66. The van der Waals surface area contributed by atoms with Crippen molar-refractivity contribution in [3.8, 4) is 0 Å². The molecule has 1 atom stereocenters. The number of carbonyl (C=O) groups excluding carboxylic acids is 2. The first kappa shape index (κ1) is 13.6. The minimum atomic E-state index is -0.310. The van der Waals surface area contributed by atoms with E-state index >= 15 is 0 Å². The molecular formula is C13H20N4O2. The van der Waals surface area contributed by atoms with Crippen LogP contribution in [-0.4, -0.2) is 45.6 Å². The van der Waals surface area contributed by atoms with E-state index in [1.54, 1.807) is 15.8 Å². The normalized spacial score (nSPS) is 19.4. The van der Waals surface area contributed by atoms with Gasteiger partial charge in [0.25, 0.3) is 0 Å². The van der Waals surface area contributed by atoms with Gasteiger partial charge in [-0.1, -0.05) is 6.92 Å². The first-order valence-electron chi connectivity index (χ1n) is 6.66. The smallest absolute Gasteiger partial charge is 0.242 e. The molecule has 1 aliphatic heterocycles. The highest BCUT2D eigenvalue weighted by atomic mass is 16.2. The molecule has 0 radical (unpaired) electrons. The molecule has 6 heteroatoms. The third-order valence-corrected chi connectivity index (χ3v) is 3.42. The van der Waals surface area contributed by atoms with Crippen LogP contribution < -0.4 is 5.32 Å². The third kappa shape index (κ3) is 3.13. The molecule has 6 nitrogen and oxygen atoms in total. The van der Waals surface area contributed by atoms with Crippen molar-refractivity contribution in [2.45, 2.75) is 32.2 Å². The summed E-state index contributed by atoms with van der Waals surface area (Å²) >= 11 is 0. The third-order valence-electron chi connectivity index (χ3n) is 3.42. The standard InChI is InChI=1S/C13H20N4O2/c1-3-11-13(19)14-6-7-17(11)12(18)5-4-10-8-15-16(2)9-10/h8-9,11H,3-7H2,1-2H3,(H,14,19). The van der Waals surface area contributed by atoms with E-state index in [1.807, 2.05) is 20.2 Å². The molecule has 0 saturated carbocycles. The van der Waals surface area contributed by atoms with E-state index in [1.165, 1.54) is 0 Å². The Kier molecular flexibility index (Phi) is 4.19. The van der Waals surface area contributed by atoms with Crippen LogP contribution in [0.15, 0.2) is 12.4 Å². The van der Waals surface area contributed by atoms with Crippen LogP contribution >= 0.6 is 0 Å². The molecule has 2 rings (SSSR count). The van der Waals surface area contributed by atoms with Crippen molar-refractivity contribution in [1.29, 1.82) is 0 Å². The molecule has 0 bridgehead atoms. The Balaban J connectivity index is 1.93. The van der Waals surface area contributed by atoms with Crippen LogP contribution in [0.2, 0.25) is 0 Å². The fraction of sp³-hybridized carbons (Fsp3) is 0.615. The van der Waals surface area contributed by atoms with Crippen molar-refractivity contribution in [2.24, 2.45) is 7.05 Å². The Bertz CT molecular complexity index is 469. The molecule has 0 aliphatic carbocycles. The zero-order valence-corrected chi connectivity index (χ0v) is 11.4. The number of hydrogen-bond acceptors (Lipinski definition) is 3. The fourth-order valence-electron chi connectivity index (χ4n) is 2.41. The van der Waals surface area contributed by atoms with Crippen LogP contribution in [0.3, 0.4) is 0 Å². The maximum Gasteiger partial charge on any atom is 0.242 e. The Morgan fingerprint density at radius 2 is 2.37 bits per heavy atom. The van der Waals surface area contributed by atoms with Crippen LogP contribution in [0.25, 0.3) is 0 Å². The summed E-state index contributed by atoms with van der Waals surface area (Å²) < 4.78 is 1.73. The number of aromatic nitrogens is 2. The highest BCUT2D eigenvalue weighted by Gasteiger charge is 2.30. The summed E-state index contributed by atoms with van der Waals surface area (Å²) in [6, 6.07) is -0.310. The molecule has 1 aromatic heterocycles. The number of amides is 2. The van der Waals surface area contributed by atoms with Crippen molar-refractivity contribution in [3.63, 3.8) is 0 Å². The van der Waals surface area contributed by atoms with Gasteiger partial charge in [-0.3, -0.25) is 14.3 Å². The van der Waals surface area contributed by atoms with Gasteiger partial charge in [0.15, 0.2) is 0 Å². The minimum Gasteiger partial charge on any atom is -0.353 e. The summed E-state index contributed by atoms with van der Waals surface area (Å²) in [6.45, 7) is 3.08.